The lowest BCUT2D eigenvalue weighted by Crippen LogP contribution is -2.44. The first-order valence-electron chi connectivity index (χ1n) is 6.68. The van der Waals surface area contributed by atoms with Gasteiger partial charge in [-0.25, -0.2) is 9.37 Å². The zero-order valence-corrected chi connectivity index (χ0v) is 11.8. The molecular formula is C13H12ClFN6. The summed E-state index contributed by atoms with van der Waals surface area (Å²) in [6, 6.07) is 2.94. The molecule has 1 aliphatic heterocycles. The van der Waals surface area contributed by atoms with Crippen molar-refractivity contribution >= 4 is 34.1 Å². The van der Waals surface area contributed by atoms with Crippen molar-refractivity contribution in [2.24, 2.45) is 0 Å². The first kappa shape index (κ1) is 12.7. The molecule has 0 radical (unpaired) electrons. The Bertz CT molecular complexity index is 826. The van der Waals surface area contributed by atoms with Gasteiger partial charge in [0.25, 0.3) is 0 Å². The second-order valence-electron chi connectivity index (χ2n) is 4.95. The van der Waals surface area contributed by atoms with Crippen molar-refractivity contribution < 1.29 is 4.39 Å². The summed E-state index contributed by atoms with van der Waals surface area (Å²) >= 11 is 5.94. The number of aromatic nitrogens is 4. The van der Waals surface area contributed by atoms with Crippen LogP contribution in [0.15, 0.2) is 18.5 Å². The van der Waals surface area contributed by atoms with Crippen LogP contribution in [0.3, 0.4) is 0 Å². The Balaban J connectivity index is 2.03. The lowest BCUT2D eigenvalue weighted by Gasteiger charge is -2.28. The zero-order valence-electron chi connectivity index (χ0n) is 11.1. The molecular weight excluding hydrogens is 295 g/mol. The van der Waals surface area contributed by atoms with Crippen LogP contribution in [0.1, 0.15) is 0 Å². The lowest BCUT2D eigenvalue weighted by atomic mass is 10.2. The average molecular weight is 307 g/mol. The smallest absolute Gasteiger partial charge is 0.204 e. The molecule has 3 heterocycles. The second kappa shape index (κ2) is 4.78. The number of hydrogen-bond donors (Lipinski definition) is 1. The summed E-state index contributed by atoms with van der Waals surface area (Å²) in [6.45, 7) is 3.33. The highest BCUT2D eigenvalue weighted by Gasteiger charge is 2.20. The molecule has 4 rings (SSSR count). The van der Waals surface area contributed by atoms with Crippen LogP contribution in [0, 0.1) is 5.82 Å². The Morgan fingerprint density at radius 3 is 2.86 bits per heavy atom. The van der Waals surface area contributed by atoms with Crippen molar-refractivity contribution in [3.8, 4) is 0 Å². The Kier molecular flexibility index (Phi) is 2.90. The van der Waals surface area contributed by atoms with E-state index in [1.807, 2.05) is 0 Å². The van der Waals surface area contributed by atoms with Crippen molar-refractivity contribution in [2.45, 2.75) is 0 Å². The van der Waals surface area contributed by atoms with E-state index in [1.165, 1.54) is 6.07 Å². The van der Waals surface area contributed by atoms with E-state index >= 15 is 0 Å². The van der Waals surface area contributed by atoms with Crippen LogP contribution in [0.4, 0.5) is 10.2 Å². The van der Waals surface area contributed by atoms with Crippen LogP contribution < -0.4 is 10.2 Å². The monoisotopic (exact) mass is 306 g/mol. The number of anilines is 1. The summed E-state index contributed by atoms with van der Waals surface area (Å²) in [5.74, 6) is 0.215. The Hall–Kier alpha value is -1.99. The predicted molar refractivity (Wildman–Crippen MR) is 78.3 cm³/mol. The summed E-state index contributed by atoms with van der Waals surface area (Å²) in [6.07, 6.45) is 1.56. The van der Waals surface area contributed by atoms with Crippen LogP contribution in [0.2, 0.25) is 5.02 Å². The van der Waals surface area contributed by atoms with E-state index in [4.69, 9.17) is 11.6 Å². The van der Waals surface area contributed by atoms with Gasteiger partial charge >= 0.3 is 0 Å². The molecule has 0 saturated carbocycles. The van der Waals surface area contributed by atoms with Gasteiger partial charge in [0, 0.05) is 31.2 Å². The molecule has 0 bridgehead atoms. The maximum Gasteiger partial charge on any atom is 0.204 e. The molecule has 1 aromatic carbocycles. The number of hydrogen-bond acceptors (Lipinski definition) is 5. The minimum atomic E-state index is -0.440. The van der Waals surface area contributed by atoms with Crippen LogP contribution in [-0.4, -0.2) is 45.8 Å². The van der Waals surface area contributed by atoms with Gasteiger partial charge in [-0.15, -0.1) is 10.2 Å². The van der Waals surface area contributed by atoms with Gasteiger partial charge in [0.2, 0.25) is 5.65 Å². The summed E-state index contributed by atoms with van der Waals surface area (Å²) in [5, 5.41) is 11.7. The summed E-state index contributed by atoms with van der Waals surface area (Å²) < 4.78 is 15.9. The Labute approximate surface area is 124 Å². The van der Waals surface area contributed by atoms with Crippen LogP contribution >= 0.6 is 11.6 Å². The van der Waals surface area contributed by atoms with Gasteiger partial charge in [0.15, 0.2) is 11.6 Å². The van der Waals surface area contributed by atoms with Crippen LogP contribution in [-0.2, 0) is 0 Å². The molecule has 0 amide bonds. The van der Waals surface area contributed by atoms with Gasteiger partial charge in [0.05, 0.1) is 5.52 Å². The maximum atomic E-state index is 14.2. The number of fused-ring (bicyclic) bond motifs is 3. The molecule has 0 spiro atoms. The number of rotatable bonds is 1. The van der Waals surface area contributed by atoms with Crippen molar-refractivity contribution in [1.82, 2.24) is 24.9 Å². The number of benzene rings is 1. The average Bonchev–Trinajstić information content (AvgIpc) is 2.97. The molecule has 8 heteroatoms. The second-order valence-corrected chi connectivity index (χ2v) is 5.39. The van der Waals surface area contributed by atoms with Gasteiger partial charge in [-0.2, -0.15) is 0 Å². The number of nitrogens with one attached hydrogen (secondary N) is 1. The highest BCUT2D eigenvalue weighted by atomic mass is 35.5. The van der Waals surface area contributed by atoms with E-state index in [1.54, 1.807) is 16.8 Å². The van der Waals surface area contributed by atoms with E-state index in [2.05, 4.69) is 25.4 Å². The SMILES string of the molecule is Fc1cc(Cl)cc2c1nc(N1CCNCC1)c1nncn12. The maximum absolute atomic E-state index is 14.2. The van der Waals surface area contributed by atoms with E-state index in [9.17, 15) is 4.39 Å². The largest absolute Gasteiger partial charge is 0.351 e. The van der Waals surface area contributed by atoms with Crippen molar-refractivity contribution in [3.63, 3.8) is 0 Å². The Morgan fingerprint density at radius 1 is 1.24 bits per heavy atom. The van der Waals surface area contributed by atoms with Crippen molar-refractivity contribution in [2.75, 3.05) is 31.1 Å². The van der Waals surface area contributed by atoms with Crippen molar-refractivity contribution in [1.29, 1.82) is 0 Å². The normalized spacial score (nSPS) is 16.0. The molecule has 6 nitrogen and oxygen atoms in total. The third-order valence-corrected chi connectivity index (χ3v) is 3.87. The summed E-state index contributed by atoms with van der Waals surface area (Å²) in [7, 11) is 0. The third-order valence-electron chi connectivity index (χ3n) is 3.65. The van der Waals surface area contributed by atoms with E-state index in [0.717, 1.165) is 26.2 Å². The highest BCUT2D eigenvalue weighted by molar-refractivity contribution is 6.31. The number of piperazine rings is 1. The predicted octanol–water partition coefficient (Wildman–Crippen LogP) is 1.48. The zero-order chi connectivity index (χ0) is 14.4. The molecule has 2 aromatic heterocycles. The molecule has 1 saturated heterocycles. The standard InChI is InChI=1S/C13H12ClFN6/c14-8-5-9(15)11-10(6-8)21-7-17-19-13(21)12(18-11)20-3-1-16-2-4-20/h5-7,16H,1-4H2. The topological polar surface area (TPSA) is 58.4 Å². The first-order valence-corrected chi connectivity index (χ1v) is 7.06. The fraction of sp³-hybridized carbons (Fsp3) is 0.308. The quantitative estimate of drug-likeness (QED) is 0.738. The molecule has 1 fully saturated rings. The van der Waals surface area contributed by atoms with Gasteiger partial charge in [-0.05, 0) is 12.1 Å². The van der Waals surface area contributed by atoms with Gasteiger partial charge in [-0.1, -0.05) is 11.6 Å². The van der Waals surface area contributed by atoms with Gasteiger partial charge in [0.1, 0.15) is 11.8 Å². The first-order chi connectivity index (χ1) is 10.2. The molecule has 0 atom stereocenters. The molecule has 21 heavy (non-hydrogen) atoms. The van der Waals surface area contributed by atoms with Gasteiger partial charge < -0.3 is 10.2 Å². The van der Waals surface area contributed by atoms with Crippen LogP contribution in [0.5, 0.6) is 0 Å². The van der Waals surface area contributed by atoms with Crippen LogP contribution in [0.25, 0.3) is 16.7 Å². The van der Waals surface area contributed by atoms with E-state index in [-0.39, 0.29) is 5.52 Å². The van der Waals surface area contributed by atoms with Crippen molar-refractivity contribution in [3.05, 3.63) is 29.3 Å². The molecule has 108 valence electrons. The molecule has 1 aliphatic rings. The summed E-state index contributed by atoms with van der Waals surface area (Å²) in [5.41, 5.74) is 1.46. The fourth-order valence-electron chi connectivity index (χ4n) is 2.66. The number of halogens is 2. The summed E-state index contributed by atoms with van der Waals surface area (Å²) in [4.78, 5) is 6.57. The molecule has 0 unspecified atom stereocenters. The minimum absolute atomic E-state index is 0.278. The number of nitrogens with zero attached hydrogens (tertiary/aromatic N) is 5. The molecule has 1 N–H and O–H groups in total. The fourth-order valence-corrected chi connectivity index (χ4v) is 2.85. The lowest BCUT2D eigenvalue weighted by molar-refractivity contribution is 0.585. The molecule has 3 aromatic rings. The minimum Gasteiger partial charge on any atom is -0.351 e. The third kappa shape index (κ3) is 2.00. The van der Waals surface area contributed by atoms with E-state index in [0.29, 0.717) is 22.0 Å². The molecule has 0 aliphatic carbocycles. The Morgan fingerprint density at radius 2 is 2.05 bits per heavy atom. The van der Waals surface area contributed by atoms with Gasteiger partial charge in [-0.3, -0.25) is 4.40 Å². The highest BCUT2D eigenvalue weighted by Crippen LogP contribution is 2.27. The van der Waals surface area contributed by atoms with E-state index < -0.39 is 5.82 Å².